The molecule has 244 valence electrons. The Hall–Kier alpha value is -2.87. The molecule has 9 aliphatic rings. The Morgan fingerprint density at radius 3 is 1.55 bits per heavy atom. The van der Waals surface area contributed by atoms with Crippen LogP contribution in [0.4, 0.5) is 11.4 Å². The van der Waals surface area contributed by atoms with Gasteiger partial charge < -0.3 is 41.4 Å². The third kappa shape index (κ3) is 3.11. The molecule has 0 radical (unpaired) electrons. The van der Waals surface area contributed by atoms with Crippen LogP contribution in [0, 0.1) is 11.8 Å². The van der Waals surface area contributed by atoms with E-state index >= 15 is 0 Å². The number of hydrogen-bond donors (Lipinski definition) is 2. The highest BCUT2D eigenvalue weighted by atomic mass is 35.5. The molecule has 2 unspecified atom stereocenters. The van der Waals surface area contributed by atoms with Crippen LogP contribution in [-0.2, 0) is 10.8 Å². The van der Waals surface area contributed by atoms with E-state index in [0.29, 0.717) is 23.9 Å². The van der Waals surface area contributed by atoms with Crippen LogP contribution in [0.25, 0.3) is 0 Å². The average molecular weight is 650 g/mol. The van der Waals surface area contributed by atoms with Gasteiger partial charge in [0.25, 0.3) is 0 Å². The maximum absolute atomic E-state index is 10.3. The van der Waals surface area contributed by atoms with Crippen LogP contribution >= 0.6 is 0 Å². The van der Waals surface area contributed by atoms with Gasteiger partial charge in [-0.1, -0.05) is 48.6 Å². The highest BCUT2D eigenvalue weighted by Gasteiger charge is 2.74. The van der Waals surface area contributed by atoms with Gasteiger partial charge in [0, 0.05) is 61.3 Å². The van der Waals surface area contributed by atoms with Crippen LogP contribution < -0.4 is 22.2 Å². The van der Waals surface area contributed by atoms with Crippen molar-refractivity contribution >= 4 is 11.4 Å². The van der Waals surface area contributed by atoms with Crippen LogP contribution in [0.3, 0.4) is 0 Å². The van der Waals surface area contributed by atoms with E-state index in [9.17, 15) is 10.2 Å². The monoisotopic (exact) mass is 649 g/mol. The van der Waals surface area contributed by atoms with Gasteiger partial charge in [-0.3, -0.25) is 0 Å². The lowest BCUT2D eigenvalue weighted by molar-refractivity contribution is -0.924. The predicted octanol–water partition coefficient (Wildman–Crippen LogP) is 1.37. The summed E-state index contributed by atoms with van der Waals surface area (Å²) in [6.07, 6.45) is 14.4. The quantitative estimate of drug-likeness (QED) is 0.382. The minimum absolute atomic E-state index is 0. The van der Waals surface area contributed by atoms with Crippen molar-refractivity contribution in [2.24, 2.45) is 11.8 Å². The Kier molecular flexibility index (Phi) is 5.70. The molecule has 2 aliphatic carbocycles. The number of quaternary nitrogens is 2. The van der Waals surface area contributed by atoms with Gasteiger partial charge in [0.2, 0.25) is 0 Å². The fraction of sp³-hybridized carbons (Fsp3) is 0.500. The van der Waals surface area contributed by atoms with E-state index in [-0.39, 0.29) is 48.5 Å². The number of likely N-dealkylation sites (N-methyl/N-ethyl adjacent to an activating group) is 2. The van der Waals surface area contributed by atoms with E-state index in [1.165, 1.54) is 48.5 Å². The SMILES string of the molecule is C[N+]12CC[C@@]34c5ccccc5N5/C=C6/[C@H]7C[C@H]8[C@@]9(CC[N+]8(C)C/C7=C/CO)c7ccccc7N(/C=C(/[C@@H](C[C@@H]31)/C(=C/CO)C2)[C@H]54)[C@@H]69.[Cl-]. The van der Waals surface area contributed by atoms with Crippen LogP contribution in [-0.4, -0.2) is 96.8 Å². The number of para-hydroxylation sites is 2. The van der Waals surface area contributed by atoms with Gasteiger partial charge in [0.1, 0.15) is 25.2 Å². The van der Waals surface area contributed by atoms with Gasteiger partial charge in [-0.2, -0.15) is 0 Å². The predicted molar refractivity (Wildman–Crippen MR) is 180 cm³/mol. The summed E-state index contributed by atoms with van der Waals surface area (Å²) in [5.41, 5.74) is 12.1. The third-order valence-corrected chi connectivity index (χ3v) is 15.3. The van der Waals surface area contributed by atoms with Crippen LogP contribution in [0.15, 0.2) is 95.4 Å². The molecule has 4 bridgehead atoms. The zero-order valence-corrected chi connectivity index (χ0v) is 28.3. The maximum Gasteiger partial charge on any atom is 0.102 e. The van der Waals surface area contributed by atoms with Gasteiger partial charge >= 0.3 is 0 Å². The molecule has 6 fully saturated rings. The summed E-state index contributed by atoms with van der Waals surface area (Å²) < 4.78 is 2.18. The number of rotatable bonds is 2. The number of piperidine rings is 2. The Balaban J connectivity index is 0.00000285. The molecule has 6 nitrogen and oxygen atoms in total. The standard InChI is InChI=1S/C40H46N4O2.ClH/c1-43-15-13-39-31-7-3-5-9-33(31)41-22-30-28-20-36-40(14-16-44(36,2)24-26(28)12-18-46)32-8-4-6-10-34(32)42(38(30)40)21-29(37(39)41)27(19-35(39)43)25(23-43)11-17-45;/h3-12,21-22,27-28,35-38,45-46H,13-20,23-24H2,1-2H3;1H/q+2;/p-1/b25-11-,26-12+,29-21-,30-22-;/t27-,28-,35-,36-,37-,38-,39+,40+,43?,44?;/m0./s1. The molecule has 4 saturated heterocycles. The summed E-state index contributed by atoms with van der Waals surface area (Å²) in [4.78, 5) is 5.55. The Bertz CT molecular complexity index is 1730. The minimum atomic E-state index is 0. The number of fused-ring (bicyclic) bond motifs is 8. The highest BCUT2D eigenvalue weighted by Crippen LogP contribution is 2.69. The molecule has 11 rings (SSSR count). The van der Waals surface area contributed by atoms with Gasteiger partial charge in [0.15, 0.2) is 0 Å². The summed E-state index contributed by atoms with van der Waals surface area (Å²) in [6.45, 7) is 4.70. The number of hydrogen-bond acceptors (Lipinski definition) is 4. The zero-order chi connectivity index (χ0) is 30.8. The molecule has 2 spiro atoms. The van der Waals surface area contributed by atoms with Crippen LogP contribution in [0.5, 0.6) is 0 Å². The van der Waals surface area contributed by atoms with E-state index in [1.54, 1.807) is 22.3 Å². The van der Waals surface area contributed by atoms with Crippen molar-refractivity contribution < 1.29 is 31.6 Å². The number of nitrogens with zero attached hydrogens (tertiary/aromatic N) is 4. The second kappa shape index (κ2) is 9.22. The number of benzene rings is 2. The first-order chi connectivity index (χ1) is 22.4. The summed E-state index contributed by atoms with van der Waals surface area (Å²) in [7, 11) is 5.01. The molecule has 2 aromatic rings. The number of anilines is 2. The van der Waals surface area contributed by atoms with Gasteiger partial charge in [0.05, 0.1) is 63.3 Å². The summed E-state index contributed by atoms with van der Waals surface area (Å²) in [5.74, 6) is 0.709. The molecule has 2 saturated carbocycles. The van der Waals surface area contributed by atoms with E-state index in [4.69, 9.17) is 0 Å². The van der Waals surface area contributed by atoms with Gasteiger partial charge in [-0.25, -0.2) is 0 Å². The Labute approximate surface area is 284 Å². The molecule has 7 heterocycles. The summed E-state index contributed by atoms with van der Waals surface area (Å²) in [5, 5.41) is 20.6. The lowest BCUT2D eigenvalue weighted by atomic mass is 9.56. The van der Waals surface area contributed by atoms with Crippen LogP contribution in [0.1, 0.15) is 36.8 Å². The topological polar surface area (TPSA) is 46.9 Å². The fourth-order valence-electron chi connectivity index (χ4n) is 13.8. The van der Waals surface area contributed by atoms with Gasteiger partial charge in [-0.05, 0) is 45.6 Å². The fourth-order valence-corrected chi connectivity index (χ4v) is 13.8. The Morgan fingerprint density at radius 1 is 0.702 bits per heavy atom. The Morgan fingerprint density at radius 2 is 1.13 bits per heavy atom. The number of halogens is 1. The number of aliphatic hydroxyl groups is 2. The average Bonchev–Trinajstić information content (AvgIpc) is 3.73. The lowest BCUT2D eigenvalue weighted by Crippen LogP contribution is -3.00. The molecular formula is C40H46ClN4O2+. The molecule has 2 N–H and O–H groups in total. The molecule has 47 heavy (non-hydrogen) atoms. The van der Waals surface area contributed by atoms with E-state index in [0.717, 1.165) is 34.9 Å². The number of aliphatic hydroxyl groups excluding tert-OH is 2. The third-order valence-electron chi connectivity index (χ3n) is 15.3. The first-order valence-electron chi connectivity index (χ1n) is 17.8. The second-order valence-corrected chi connectivity index (χ2v) is 16.7. The van der Waals surface area contributed by atoms with Crippen molar-refractivity contribution in [3.63, 3.8) is 0 Å². The van der Waals surface area contributed by atoms with Crippen molar-refractivity contribution in [3.05, 3.63) is 107 Å². The van der Waals surface area contributed by atoms with Crippen molar-refractivity contribution in [2.45, 2.75) is 60.7 Å². The van der Waals surface area contributed by atoms with E-state index in [1.807, 2.05) is 0 Å². The molecule has 0 aromatic heterocycles. The van der Waals surface area contributed by atoms with Crippen molar-refractivity contribution in [1.29, 1.82) is 0 Å². The molecular weight excluding hydrogens is 604 g/mol. The first-order valence-corrected chi connectivity index (χ1v) is 17.8. The summed E-state index contributed by atoms with van der Waals surface area (Å²) >= 11 is 0. The normalized spacial score (nSPS) is 47.6. The van der Waals surface area contributed by atoms with Crippen molar-refractivity contribution in [2.75, 3.05) is 63.3 Å². The minimum Gasteiger partial charge on any atom is -1.00 e. The van der Waals surface area contributed by atoms with E-state index in [2.05, 4.69) is 97.0 Å². The lowest BCUT2D eigenvalue weighted by Gasteiger charge is -2.58. The molecule has 2 aromatic carbocycles. The largest absolute Gasteiger partial charge is 1.00 e. The smallest absolute Gasteiger partial charge is 0.102 e. The van der Waals surface area contributed by atoms with E-state index < -0.39 is 0 Å². The molecule has 7 aliphatic heterocycles. The van der Waals surface area contributed by atoms with Gasteiger partial charge in [-0.15, -0.1) is 0 Å². The second-order valence-electron chi connectivity index (χ2n) is 16.7. The van der Waals surface area contributed by atoms with Crippen LogP contribution in [0.2, 0.25) is 0 Å². The summed E-state index contributed by atoms with van der Waals surface area (Å²) in [6, 6.07) is 20.5. The maximum atomic E-state index is 10.3. The molecule has 10 atom stereocenters. The zero-order valence-electron chi connectivity index (χ0n) is 27.5. The first kappa shape index (κ1) is 29.1. The molecule has 7 heteroatoms. The highest BCUT2D eigenvalue weighted by molar-refractivity contribution is 5.77. The van der Waals surface area contributed by atoms with Crippen molar-refractivity contribution in [3.8, 4) is 0 Å². The van der Waals surface area contributed by atoms with Crippen molar-refractivity contribution in [1.82, 2.24) is 0 Å². The molecule has 0 amide bonds.